The molecular weight excluding hydrogens is 326 g/mol. The highest BCUT2D eigenvalue weighted by molar-refractivity contribution is 6.70. The first kappa shape index (κ1) is 22.4. The molecule has 0 aromatic heterocycles. The van der Waals surface area contributed by atoms with Gasteiger partial charge in [-0.25, -0.2) is 10.3 Å². The molecule has 5 nitrogen and oxygen atoms in total. The maximum Gasteiger partial charge on any atom is 0.339 e. The van der Waals surface area contributed by atoms with Crippen molar-refractivity contribution in [3.8, 4) is 0 Å². The van der Waals surface area contributed by atoms with Gasteiger partial charge in [0.15, 0.2) is 0 Å². The van der Waals surface area contributed by atoms with Crippen molar-refractivity contribution in [3.63, 3.8) is 0 Å². The average Bonchev–Trinajstić information content (AvgIpc) is 2.30. The summed E-state index contributed by atoms with van der Waals surface area (Å²) in [7, 11) is -3.58. The quantitative estimate of drug-likeness (QED) is 0.221. The number of esters is 1. The summed E-state index contributed by atoms with van der Waals surface area (Å²) in [6, 6.07) is -0.267. The van der Waals surface area contributed by atoms with E-state index in [1.165, 1.54) is 0 Å². The van der Waals surface area contributed by atoms with Crippen LogP contribution in [0.15, 0.2) is 11.3 Å². The lowest BCUT2D eigenvalue weighted by molar-refractivity contribution is -0.139. The van der Waals surface area contributed by atoms with Crippen LogP contribution in [0.3, 0.4) is 0 Å². The van der Waals surface area contributed by atoms with E-state index in [0.717, 1.165) is 0 Å². The first-order valence-electron chi connectivity index (χ1n) is 8.29. The molecule has 7 heteroatoms. The first-order valence-corrected chi connectivity index (χ1v) is 15.1. The zero-order valence-corrected chi connectivity index (χ0v) is 18.5. The van der Waals surface area contributed by atoms with E-state index in [9.17, 15) is 4.79 Å². The number of nitrogens with one attached hydrogen (secondary N) is 1. The maximum atomic E-state index is 12.5. The minimum atomic E-state index is -1.82. The topological polar surface area (TPSA) is 56.8 Å². The minimum Gasteiger partial charge on any atom is -0.547 e. The monoisotopic (exact) mass is 361 g/mol. The summed E-state index contributed by atoms with van der Waals surface area (Å²) in [6.45, 7) is 20.6. The van der Waals surface area contributed by atoms with Gasteiger partial charge >= 0.3 is 5.97 Å². The van der Waals surface area contributed by atoms with Gasteiger partial charge in [-0.3, -0.25) is 0 Å². The largest absolute Gasteiger partial charge is 0.547 e. The number of ether oxygens (including phenoxy) is 1. The number of carbonyl (C=O) groups is 1. The molecule has 0 amide bonds. The Labute approximate surface area is 144 Å². The normalized spacial score (nSPS) is 15.3. The Balaban J connectivity index is 5.66. The molecule has 0 radical (unpaired) electrons. The average molecular weight is 362 g/mol. The molecule has 0 saturated carbocycles. The summed E-state index contributed by atoms with van der Waals surface area (Å²) in [6.07, 6.45) is 0. The van der Waals surface area contributed by atoms with E-state index in [1.807, 2.05) is 20.8 Å². The molecule has 1 unspecified atom stereocenters. The van der Waals surface area contributed by atoms with Crippen LogP contribution in [0.1, 0.15) is 27.7 Å². The Bertz CT molecular complexity index is 423. The Morgan fingerprint density at radius 2 is 1.57 bits per heavy atom. The second kappa shape index (κ2) is 9.01. The van der Waals surface area contributed by atoms with E-state index < -0.39 is 16.6 Å². The van der Waals surface area contributed by atoms with Crippen LogP contribution in [0.5, 0.6) is 0 Å². The lowest BCUT2D eigenvalue weighted by Crippen LogP contribution is -2.45. The van der Waals surface area contributed by atoms with Crippen LogP contribution >= 0.6 is 0 Å². The number of allylic oxidation sites excluding steroid dienone is 1. The fraction of sp³-hybridized carbons (Fsp3) is 0.812. The molecule has 0 spiro atoms. The molecule has 0 rings (SSSR count). The second-order valence-electron chi connectivity index (χ2n) is 7.96. The van der Waals surface area contributed by atoms with Crippen LogP contribution in [0, 0.1) is 5.92 Å². The Kier molecular flexibility index (Phi) is 8.76. The summed E-state index contributed by atoms with van der Waals surface area (Å²) in [5.74, 6) is 0.451. The van der Waals surface area contributed by atoms with E-state index >= 15 is 0 Å². The highest BCUT2D eigenvalue weighted by Gasteiger charge is 2.31. The van der Waals surface area contributed by atoms with Crippen molar-refractivity contribution in [2.24, 2.45) is 5.92 Å². The van der Waals surface area contributed by atoms with Gasteiger partial charge in [-0.1, -0.05) is 13.8 Å². The molecule has 0 aliphatic carbocycles. The Hall–Kier alpha value is -0.636. The maximum absolute atomic E-state index is 12.5. The van der Waals surface area contributed by atoms with Crippen molar-refractivity contribution in [1.29, 1.82) is 0 Å². The van der Waals surface area contributed by atoms with Gasteiger partial charge in [0.05, 0.1) is 24.0 Å². The van der Waals surface area contributed by atoms with Gasteiger partial charge < -0.3 is 13.7 Å². The number of hydrogen-bond acceptors (Lipinski definition) is 5. The standard InChI is InChI=1S/C16H35NO4Si2/c1-11-19-16(18)14(13(4)20-22(5,6)7)15(12(2)3)17-21-23(8,9)10/h12,15,17H,11H2,1-10H3/b14-13+. The molecule has 1 atom stereocenters. The summed E-state index contributed by atoms with van der Waals surface area (Å²) in [4.78, 5) is 12.5. The number of hydroxylamine groups is 1. The minimum absolute atomic E-state index is 0.158. The van der Waals surface area contributed by atoms with E-state index in [0.29, 0.717) is 17.9 Å². The van der Waals surface area contributed by atoms with E-state index in [4.69, 9.17) is 13.7 Å². The van der Waals surface area contributed by atoms with Gasteiger partial charge in [0.2, 0.25) is 16.6 Å². The van der Waals surface area contributed by atoms with E-state index in [2.05, 4.69) is 44.8 Å². The lowest BCUT2D eigenvalue weighted by atomic mass is 9.96. The molecule has 0 saturated heterocycles. The SMILES string of the molecule is CCOC(=O)/C(=C(\C)O[Si](C)(C)C)C(NO[Si](C)(C)C)C(C)C. The van der Waals surface area contributed by atoms with Crippen LogP contribution in [0.25, 0.3) is 0 Å². The highest BCUT2D eigenvalue weighted by atomic mass is 28.4. The van der Waals surface area contributed by atoms with Crippen molar-refractivity contribution in [2.45, 2.75) is 73.0 Å². The molecule has 1 N–H and O–H groups in total. The number of hydrogen-bond donors (Lipinski definition) is 1. The smallest absolute Gasteiger partial charge is 0.339 e. The fourth-order valence-electron chi connectivity index (χ4n) is 1.98. The van der Waals surface area contributed by atoms with E-state index in [1.54, 1.807) is 6.92 Å². The van der Waals surface area contributed by atoms with Gasteiger partial charge in [0.1, 0.15) is 0 Å². The predicted molar refractivity (Wildman–Crippen MR) is 100.0 cm³/mol. The fourth-order valence-corrected chi connectivity index (χ4v) is 3.49. The molecule has 0 aliphatic rings. The molecule has 0 fully saturated rings. The van der Waals surface area contributed by atoms with Crippen molar-refractivity contribution >= 4 is 22.6 Å². The second-order valence-corrected chi connectivity index (χ2v) is 16.8. The summed E-state index contributed by atoms with van der Waals surface area (Å²) < 4.78 is 17.2. The summed E-state index contributed by atoms with van der Waals surface area (Å²) in [5, 5.41) is 0. The van der Waals surface area contributed by atoms with Crippen molar-refractivity contribution in [1.82, 2.24) is 5.48 Å². The zero-order chi connectivity index (χ0) is 18.4. The molecule has 23 heavy (non-hydrogen) atoms. The van der Waals surface area contributed by atoms with Crippen LogP contribution < -0.4 is 5.48 Å². The third-order valence-corrected chi connectivity index (χ3v) is 4.45. The molecule has 0 aromatic carbocycles. The van der Waals surface area contributed by atoms with Gasteiger partial charge in [-0.2, -0.15) is 0 Å². The molecule has 0 aliphatic heterocycles. The van der Waals surface area contributed by atoms with Gasteiger partial charge in [-0.05, 0) is 59.0 Å². The van der Waals surface area contributed by atoms with Crippen molar-refractivity contribution in [2.75, 3.05) is 6.61 Å². The lowest BCUT2D eigenvalue weighted by Gasteiger charge is -2.30. The summed E-state index contributed by atoms with van der Waals surface area (Å²) in [5.41, 5.74) is 3.63. The molecule has 0 aromatic rings. The van der Waals surface area contributed by atoms with Gasteiger partial charge in [0, 0.05) is 0 Å². The Morgan fingerprint density at radius 3 is 1.91 bits per heavy atom. The summed E-state index contributed by atoms with van der Waals surface area (Å²) >= 11 is 0. The zero-order valence-electron chi connectivity index (χ0n) is 16.5. The van der Waals surface area contributed by atoms with Crippen LogP contribution in [-0.2, 0) is 18.5 Å². The van der Waals surface area contributed by atoms with Gasteiger partial charge in [0.25, 0.3) is 0 Å². The first-order chi connectivity index (χ1) is 10.3. The highest BCUT2D eigenvalue weighted by Crippen LogP contribution is 2.22. The van der Waals surface area contributed by atoms with Crippen LogP contribution in [0.4, 0.5) is 0 Å². The number of carbonyl (C=O) groups excluding carboxylic acids is 1. The number of rotatable bonds is 9. The molecule has 0 bridgehead atoms. The molecular formula is C16H35NO4Si2. The molecule has 0 heterocycles. The Morgan fingerprint density at radius 1 is 1.04 bits per heavy atom. The molecule has 136 valence electrons. The van der Waals surface area contributed by atoms with Crippen molar-refractivity contribution in [3.05, 3.63) is 11.3 Å². The third kappa shape index (κ3) is 9.29. The van der Waals surface area contributed by atoms with Crippen LogP contribution in [0.2, 0.25) is 39.3 Å². The van der Waals surface area contributed by atoms with Crippen molar-refractivity contribution < 1.29 is 18.5 Å². The van der Waals surface area contributed by atoms with E-state index in [-0.39, 0.29) is 17.9 Å². The third-order valence-electron chi connectivity index (χ3n) is 2.80. The van der Waals surface area contributed by atoms with Crippen LogP contribution in [-0.4, -0.2) is 35.3 Å². The predicted octanol–water partition coefficient (Wildman–Crippen LogP) is 4.06. The van der Waals surface area contributed by atoms with Gasteiger partial charge in [-0.15, -0.1) is 0 Å².